The SMILES string of the molecule is Cc1cn([C@H]2C[C@H](OP(=O)(OC[C@H]3O[C@@H](n4ccc(N)nc4=O)C[C@@H]3O)c3ccccc3)[C@@H](CO)O2)c(=O)[nH]c1=O. The predicted molar refractivity (Wildman–Crippen MR) is 144 cm³/mol. The molecule has 2 aliphatic rings. The van der Waals surface area contributed by atoms with Gasteiger partial charge in [0.05, 0.1) is 24.6 Å². The number of anilines is 1. The van der Waals surface area contributed by atoms with Gasteiger partial charge in [0, 0.05) is 30.8 Å². The minimum Gasteiger partial charge on any atom is -0.394 e. The highest BCUT2D eigenvalue weighted by molar-refractivity contribution is 7.62. The first-order valence-electron chi connectivity index (χ1n) is 12.8. The molecule has 5 rings (SSSR count). The standard InChI is InChI=1S/C25H30N5O10P/c1-14-11-30(25(35)28-23(14)33)22-10-17(18(12-31)38-22)40-41(36,15-5-3-2-4-6-15)37-13-19-16(32)9-21(39-19)29-8-7-20(26)27-24(29)34/h2-8,11,16-19,21-22,31-32H,9-10,12-13H2,1H3,(H2,26,27,34)(H,28,33,35)/t16-,17-,18+,19+,21+,22+,41?/m0/s1. The minimum atomic E-state index is -4.13. The van der Waals surface area contributed by atoms with Crippen LogP contribution in [0.2, 0.25) is 0 Å². The van der Waals surface area contributed by atoms with E-state index >= 15 is 0 Å². The van der Waals surface area contributed by atoms with Crippen molar-refractivity contribution in [3.63, 3.8) is 0 Å². The van der Waals surface area contributed by atoms with Crippen molar-refractivity contribution >= 4 is 18.7 Å². The van der Waals surface area contributed by atoms with Gasteiger partial charge in [-0.1, -0.05) is 18.2 Å². The number of ether oxygens (including phenoxy) is 2. The zero-order valence-corrected chi connectivity index (χ0v) is 22.8. The Morgan fingerprint density at radius 1 is 1.10 bits per heavy atom. The third-order valence-corrected chi connectivity index (χ3v) is 8.91. The van der Waals surface area contributed by atoms with Gasteiger partial charge in [-0.05, 0) is 25.1 Å². The summed E-state index contributed by atoms with van der Waals surface area (Å²) in [5, 5.41) is 20.8. The van der Waals surface area contributed by atoms with E-state index in [2.05, 4.69) is 9.97 Å². The molecule has 1 aromatic carbocycles. The van der Waals surface area contributed by atoms with E-state index in [9.17, 15) is 29.2 Å². The first-order chi connectivity index (χ1) is 19.6. The number of nitrogens with one attached hydrogen (secondary N) is 1. The van der Waals surface area contributed by atoms with Crippen LogP contribution in [0.3, 0.4) is 0 Å². The second-order valence-corrected chi connectivity index (χ2v) is 11.8. The number of aromatic nitrogens is 4. The van der Waals surface area contributed by atoms with E-state index < -0.39 is 68.0 Å². The fraction of sp³-hybridized carbons (Fsp3) is 0.440. The van der Waals surface area contributed by atoms with Crippen molar-refractivity contribution in [2.45, 2.75) is 56.6 Å². The van der Waals surface area contributed by atoms with E-state index in [4.69, 9.17) is 24.3 Å². The van der Waals surface area contributed by atoms with E-state index in [0.717, 1.165) is 0 Å². The molecule has 0 saturated carbocycles. The third-order valence-electron chi connectivity index (χ3n) is 6.94. The molecule has 0 spiro atoms. The zero-order chi connectivity index (χ0) is 29.3. The smallest absolute Gasteiger partial charge is 0.361 e. The molecule has 0 radical (unpaired) electrons. The lowest BCUT2D eigenvalue weighted by atomic mass is 10.2. The van der Waals surface area contributed by atoms with E-state index in [1.807, 2.05) is 0 Å². The van der Waals surface area contributed by atoms with Gasteiger partial charge in [0.2, 0.25) is 0 Å². The van der Waals surface area contributed by atoms with Crippen molar-refractivity contribution in [1.29, 1.82) is 0 Å². The number of aliphatic hydroxyl groups excluding tert-OH is 2. The van der Waals surface area contributed by atoms with Crippen molar-refractivity contribution in [2.24, 2.45) is 0 Å². The average molecular weight is 592 g/mol. The highest BCUT2D eigenvalue weighted by atomic mass is 31.2. The number of aryl methyl sites for hydroxylation is 1. The van der Waals surface area contributed by atoms with Crippen LogP contribution < -0.4 is 28.0 Å². The highest BCUT2D eigenvalue weighted by Gasteiger charge is 2.44. The van der Waals surface area contributed by atoms with Crippen LogP contribution in [-0.2, 0) is 23.1 Å². The molecule has 2 aromatic heterocycles. The molecule has 41 heavy (non-hydrogen) atoms. The normalized spacial score (nSPS) is 27.6. The van der Waals surface area contributed by atoms with E-state index in [1.54, 1.807) is 30.3 Å². The lowest BCUT2D eigenvalue weighted by Gasteiger charge is -2.26. The minimum absolute atomic E-state index is 0.00842. The molecule has 1 unspecified atom stereocenters. The monoisotopic (exact) mass is 591 g/mol. The van der Waals surface area contributed by atoms with Gasteiger partial charge in [-0.25, -0.2) is 9.59 Å². The molecule has 15 nitrogen and oxygen atoms in total. The molecular weight excluding hydrogens is 561 g/mol. The summed E-state index contributed by atoms with van der Waals surface area (Å²) in [5.74, 6) is 0.0468. The number of hydrogen-bond donors (Lipinski definition) is 4. The second kappa shape index (κ2) is 11.8. The molecule has 0 amide bonds. The van der Waals surface area contributed by atoms with Crippen LogP contribution in [0.1, 0.15) is 30.9 Å². The molecule has 16 heteroatoms. The summed E-state index contributed by atoms with van der Waals surface area (Å²) >= 11 is 0. The summed E-state index contributed by atoms with van der Waals surface area (Å²) in [5.41, 5.74) is 3.94. The molecule has 4 heterocycles. The van der Waals surface area contributed by atoms with E-state index in [1.165, 1.54) is 34.5 Å². The maximum Gasteiger partial charge on any atom is 0.361 e. The number of nitrogen functional groups attached to an aromatic ring is 1. The average Bonchev–Trinajstić information content (AvgIpc) is 3.52. The fourth-order valence-corrected chi connectivity index (χ4v) is 6.54. The third kappa shape index (κ3) is 6.11. The second-order valence-electron chi connectivity index (χ2n) is 9.77. The molecule has 5 N–H and O–H groups in total. The Hall–Kier alpha value is -3.43. The van der Waals surface area contributed by atoms with Crippen LogP contribution in [0.15, 0.2) is 63.2 Å². The van der Waals surface area contributed by atoms with Gasteiger partial charge in [0.1, 0.15) is 36.6 Å². The molecule has 2 aliphatic heterocycles. The number of hydrogen-bond acceptors (Lipinski definition) is 12. The van der Waals surface area contributed by atoms with E-state index in [0.29, 0.717) is 0 Å². The van der Waals surface area contributed by atoms with Gasteiger partial charge < -0.3 is 29.9 Å². The van der Waals surface area contributed by atoms with Gasteiger partial charge >= 0.3 is 19.0 Å². The van der Waals surface area contributed by atoms with Gasteiger partial charge in [-0.2, -0.15) is 4.98 Å². The molecule has 2 fully saturated rings. The number of nitrogens with two attached hydrogens (primary N) is 1. The predicted octanol–water partition coefficient (Wildman–Crippen LogP) is -0.467. The van der Waals surface area contributed by atoms with Gasteiger partial charge in [0.25, 0.3) is 5.56 Å². The van der Waals surface area contributed by atoms with Crippen molar-refractivity contribution in [1.82, 2.24) is 19.1 Å². The Morgan fingerprint density at radius 3 is 2.51 bits per heavy atom. The summed E-state index contributed by atoms with van der Waals surface area (Å²) < 4.78 is 40.1. The summed E-state index contributed by atoms with van der Waals surface area (Å²) in [6.45, 7) is 0.660. The Balaban J connectivity index is 1.35. The molecule has 220 valence electrons. The van der Waals surface area contributed by atoms with Gasteiger partial charge in [0.15, 0.2) is 0 Å². The Labute approximate surface area is 232 Å². The zero-order valence-electron chi connectivity index (χ0n) is 21.9. The van der Waals surface area contributed by atoms with Crippen LogP contribution >= 0.6 is 7.60 Å². The highest BCUT2D eigenvalue weighted by Crippen LogP contribution is 2.51. The van der Waals surface area contributed by atoms with Crippen LogP contribution in [0, 0.1) is 6.92 Å². The van der Waals surface area contributed by atoms with Crippen molar-refractivity contribution in [3.8, 4) is 0 Å². The summed E-state index contributed by atoms with van der Waals surface area (Å²) in [4.78, 5) is 42.3. The van der Waals surface area contributed by atoms with Gasteiger partial charge in [-0.15, -0.1) is 0 Å². The Kier molecular flexibility index (Phi) is 8.38. The maximum absolute atomic E-state index is 14.2. The number of aliphatic hydroxyl groups is 2. The lowest BCUT2D eigenvalue weighted by Crippen LogP contribution is -2.33. The lowest BCUT2D eigenvalue weighted by molar-refractivity contribution is -0.0516. The number of benzene rings is 1. The molecule has 7 atom stereocenters. The maximum atomic E-state index is 14.2. The van der Waals surface area contributed by atoms with Crippen molar-refractivity contribution < 1.29 is 33.3 Å². The Bertz CT molecular complexity index is 1610. The summed E-state index contributed by atoms with van der Waals surface area (Å²) in [7, 11) is -4.13. The number of rotatable bonds is 9. The van der Waals surface area contributed by atoms with Crippen LogP contribution in [0.4, 0.5) is 5.82 Å². The molecule has 0 aliphatic carbocycles. The van der Waals surface area contributed by atoms with Gasteiger partial charge in [-0.3, -0.25) is 28.0 Å². The quantitative estimate of drug-likeness (QED) is 0.233. The molecular formula is C25H30N5O10P. The molecule has 2 saturated heterocycles. The molecule has 0 bridgehead atoms. The topological polar surface area (TPSA) is 210 Å². The molecule has 3 aromatic rings. The number of aromatic amines is 1. The number of H-pyrrole nitrogens is 1. The van der Waals surface area contributed by atoms with Crippen LogP contribution in [0.5, 0.6) is 0 Å². The van der Waals surface area contributed by atoms with E-state index in [-0.39, 0.29) is 36.1 Å². The van der Waals surface area contributed by atoms with Crippen LogP contribution in [0.25, 0.3) is 0 Å². The first-order valence-corrected chi connectivity index (χ1v) is 14.4. The largest absolute Gasteiger partial charge is 0.394 e. The number of nitrogens with zero attached hydrogens (tertiary/aromatic N) is 3. The van der Waals surface area contributed by atoms with Crippen LogP contribution in [-0.4, -0.2) is 66.9 Å². The first kappa shape index (κ1) is 29.1. The van der Waals surface area contributed by atoms with Crippen molar-refractivity contribution in [2.75, 3.05) is 18.9 Å². The fourth-order valence-electron chi connectivity index (χ4n) is 4.75. The van der Waals surface area contributed by atoms with Crippen molar-refractivity contribution in [3.05, 3.63) is 85.7 Å². The summed E-state index contributed by atoms with van der Waals surface area (Å²) in [6, 6.07) is 9.53. The summed E-state index contributed by atoms with van der Waals surface area (Å²) in [6.07, 6.45) is -2.93. The Morgan fingerprint density at radius 2 is 1.80 bits per heavy atom.